The lowest BCUT2D eigenvalue weighted by Gasteiger charge is -2.07. The summed E-state index contributed by atoms with van der Waals surface area (Å²) in [6.07, 6.45) is 0. The van der Waals surface area contributed by atoms with Gasteiger partial charge in [0.05, 0.1) is 32.0 Å². The standard InChI is InChI=1S/C16H16N2O4.C2H6/c1-20-13-6-7-15-14(9-13)18(16(19)22-15)10-11-4-3-5-12(8-11)17-21-2;1-2/h3-9,17H,10H2,1-2H3;1-2H3. The number of hydrogen-bond acceptors (Lipinski definition) is 5. The van der Waals surface area contributed by atoms with Gasteiger partial charge in [-0.25, -0.2) is 4.79 Å². The third-order valence-corrected chi connectivity index (χ3v) is 3.36. The minimum absolute atomic E-state index is 0.395. The molecule has 0 aliphatic carbocycles. The first kappa shape index (κ1) is 17.6. The van der Waals surface area contributed by atoms with Crippen LogP contribution in [-0.2, 0) is 11.4 Å². The van der Waals surface area contributed by atoms with E-state index in [1.165, 1.54) is 0 Å². The molecule has 3 aromatic rings. The summed E-state index contributed by atoms with van der Waals surface area (Å²) in [7, 11) is 3.14. The zero-order chi connectivity index (χ0) is 17.5. The van der Waals surface area contributed by atoms with Crippen molar-refractivity contribution in [1.82, 2.24) is 4.57 Å². The third kappa shape index (κ3) is 3.78. The van der Waals surface area contributed by atoms with Crippen LogP contribution in [0.4, 0.5) is 5.69 Å². The van der Waals surface area contributed by atoms with E-state index >= 15 is 0 Å². The van der Waals surface area contributed by atoms with Crippen LogP contribution in [0.25, 0.3) is 11.1 Å². The Morgan fingerprint density at radius 2 is 1.92 bits per heavy atom. The highest BCUT2D eigenvalue weighted by molar-refractivity contribution is 5.75. The van der Waals surface area contributed by atoms with E-state index in [0.29, 0.717) is 23.4 Å². The van der Waals surface area contributed by atoms with Crippen LogP contribution in [0.15, 0.2) is 51.7 Å². The van der Waals surface area contributed by atoms with Gasteiger partial charge in [0.15, 0.2) is 5.58 Å². The number of benzene rings is 2. The van der Waals surface area contributed by atoms with Crippen LogP contribution in [0.5, 0.6) is 5.75 Å². The van der Waals surface area contributed by atoms with Gasteiger partial charge in [-0.2, -0.15) is 0 Å². The fourth-order valence-corrected chi connectivity index (χ4v) is 2.35. The minimum atomic E-state index is -0.395. The van der Waals surface area contributed by atoms with Crippen LogP contribution in [0.1, 0.15) is 19.4 Å². The molecule has 0 radical (unpaired) electrons. The minimum Gasteiger partial charge on any atom is -0.497 e. The molecule has 128 valence electrons. The first-order chi connectivity index (χ1) is 11.7. The van der Waals surface area contributed by atoms with Gasteiger partial charge >= 0.3 is 5.76 Å². The Balaban J connectivity index is 0.00000100. The van der Waals surface area contributed by atoms with Crippen molar-refractivity contribution in [3.63, 3.8) is 0 Å². The maximum Gasteiger partial charge on any atom is 0.420 e. The summed E-state index contributed by atoms with van der Waals surface area (Å²) in [5, 5.41) is 0. The number of nitrogens with one attached hydrogen (secondary N) is 1. The molecular formula is C18H22N2O4. The van der Waals surface area contributed by atoms with E-state index in [1.54, 1.807) is 37.0 Å². The van der Waals surface area contributed by atoms with Gasteiger partial charge in [-0.1, -0.05) is 26.0 Å². The average molecular weight is 330 g/mol. The molecule has 0 unspecified atom stereocenters. The Morgan fingerprint density at radius 1 is 1.12 bits per heavy atom. The molecule has 3 rings (SSSR count). The molecule has 0 saturated heterocycles. The van der Waals surface area contributed by atoms with Crippen LogP contribution in [0.2, 0.25) is 0 Å². The van der Waals surface area contributed by atoms with E-state index in [-0.39, 0.29) is 0 Å². The summed E-state index contributed by atoms with van der Waals surface area (Å²) in [6, 6.07) is 12.9. The SMILES string of the molecule is CC.CONc1cccc(Cn2c(=O)oc3ccc(OC)cc32)c1. The van der Waals surface area contributed by atoms with Gasteiger partial charge in [-0.15, -0.1) is 0 Å². The van der Waals surface area contributed by atoms with E-state index in [2.05, 4.69) is 5.48 Å². The van der Waals surface area contributed by atoms with Crippen molar-refractivity contribution in [2.24, 2.45) is 0 Å². The third-order valence-electron chi connectivity index (χ3n) is 3.36. The number of methoxy groups -OCH3 is 1. The van der Waals surface area contributed by atoms with E-state index in [4.69, 9.17) is 14.0 Å². The second-order valence-corrected chi connectivity index (χ2v) is 4.79. The molecule has 0 saturated carbocycles. The highest BCUT2D eigenvalue weighted by atomic mass is 16.6. The highest BCUT2D eigenvalue weighted by Crippen LogP contribution is 2.21. The van der Waals surface area contributed by atoms with Crippen LogP contribution in [0, 0.1) is 0 Å². The molecule has 6 heteroatoms. The molecule has 0 bridgehead atoms. The largest absolute Gasteiger partial charge is 0.497 e. The van der Waals surface area contributed by atoms with Gasteiger partial charge in [-0.05, 0) is 29.8 Å². The van der Waals surface area contributed by atoms with Gasteiger partial charge < -0.3 is 9.15 Å². The predicted molar refractivity (Wildman–Crippen MR) is 94.5 cm³/mol. The molecule has 0 aliphatic rings. The Bertz CT molecular complexity index is 852. The summed E-state index contributed by atoms with van der Waals surface area (Å²) >= 11 is 0. The van der Waals surface area contributed by atoms with Crippen molar-refractivity contribution < 1.29 is 14.0 Å². The number of rotatable bonds is 5. The van der Waals surface area contributed by atoms with E-state index < -0.39 is 5.76 Å². The van der Waals surface area contributed by atoms with Crippen LogP contribution >= 0.6 is 0 Å². The number of aromatic nitrogens is 1. The zero-order valence-corrected chi connectivity index (χ0v) is 14.3. The van der Waals surface area contributed by atoms with Crippen molar-refractivity contribution in [2.45, 2.75) is 20.4 Å². The normalized spacial score (nSPS) is 10.2. The number of hydrogen-bond donors (Lipinski definition) is 1. The summed E-state index contributed by atoms with van der Waals surface area (Å²) in [4.78, 5) is 17.0. The van der Waals surface area contributed by atoms with Crippen LogP contribution in [-0.4, -0.2) is 18.8 Å². The maximum absolute atomic E-state index is 12.1. The molecule has 1 N–H and O–H groups in total. The predicted octanol–water partition coefficient (Wildman–Crippen LogP) is 3.65. The molecule has 0 aliphatic heterocycles. The molecular weight excluding hydrogens is 308 g/mol. The maximum atomic E-state index is 12.1. The fourth-order valence-electron chi connectivity index (χ4n) is 2.35. The van der Waals surface area contributed by atoms with Gasteiger partial charge in [0.2, 0.25) is 0 Å². The average Bonchev–Trinajstić information content (AvgIpc) is 2.92. The highest BCUT2D eigenvalue weighted by Gasteiger charge is 2.11. The van der Waals surface area contributed by atoms with Crippen molar-refractivity contribution in [1.29, 1.82) is 0 Å². The monoisotopic (exact) mass is 330 g/mol. The van der Waals surface area contributed by atoms with Gasteiger partial charge in [0.25, 0.3) is 0 Å². The molecule has 6 nitrogen and oxygen atoms in total. The molecule has 2 aromatic carbocycles. The van der Waals surface area contributed by atoms with E-state index in [9.17, 15) is 4.79 Å². The van der Waals surface area contributed by atoms with Crippen LogP contribution < -0.4 is 16.0 Å². The Labute approximate surface area is 140 Å². The van der Waals surface area contributed by atoms with E-state index in [0.717, 1.165) is 11.3 Å². The molecule has 0 spiro atoms. The quantitative estimate of drug-likeness (QED) is 0.723. The Hall–Kier alpha value is -2.73. The van der Waals surface area contributed by atoms with Crippen LogP contribution in [0.3, 0.4) is 0 Å². The second kappa shape index (κ2) is 8.21. The molecule has 0 fully saturated rings. The number of fused-ring (bicyclic) bond motifs is 1. The first-order valence-corrected chi connectivity index (χ1v) is 7.76. The van der Waals surface area contributed by atoms with Crippen molar-refractivity contribution in [3.05, 3.63) is 58.6 Å². The summed E-state index contributed by atoms with van der Waals surface area (Å²) in [5.74, 6) is 0.283. The lowest BCUT2D eigenvalue weighted by Crippen LogP contribution is -2.15. The zero-order valence-electron chi connectivity index (χ0n) is 14.3. The van der Waals surface area contributed by atoms with Gasteiger partial charge in [-0.3, -0.25) is 14.9 Å². The van der Waals surface area contributed by atoms with Crippen molar-refractivity contribution in [3.8, 4) is 5.75 Å². The molecule has 0 atom stereocenters. The molecule has 1 heterocycles. The van der Waals surface area contributed by atoms with Crippen molar-refractivity contribution >= 4 is 16.8 Å². The number of anilines is 1. The molecule has 1 aromatic heterocycles. The van der Waals surface area contributed by atoms with E-state index in [1.807, 2.05) is 38.1 Å². The second-order valence-electron chi connectivity index (χ2n) is 4.79. The lowest BCUT2D eigenvalue weighted by atomic mass is 10.2. The molecule has 0 amide bonds. The number of ether oxygens (including phenoxy) is 1. The van der Waals surface area contributed by atoms with Gasteiger partial charge in [0.1, 0.15) is 5.75 Å². The Morgan fingerprint density at radius 3 is 2.62 bits per heavy atom. The van der Waals surface area contributed by atoms with Gasteiger partial charge in [0, 0.05) is 6.07 Å². The van der Waals surface area contributed by atoms with Crippen molar-refractivity contribution in [2.75, 3.05) is 19.7 Å². The first-order valence-electron chi connectivity index (χ1n) is 7.76. The number of oxazole rings is 1. The lowest BCUT2D eigenvalue weighted by molar-refractivity contribution is 0.271. The smallest absolute Gasteiger partial charge is 0.420 e. The molecule has 24 heavy (non-hydrogen) atoms. The Kier molecular flexibility index (Phi) is 6.03. The summed E-state index contributed by atoms with van der Waals surface area (Å²) < 4.78 is 12.0. The topological polar surface area (TPSA) is 65.6 Å². The summed E-state index contributed by atoms with van der Waals surface area (Å²) in [6.45, 7) is 4.40. The summed E-state index contributed by atoms with van der Waals surface area (Å²) in [5.41, 5.74) is 5.78. The fraction of sp³-hybridized carbons (Fsp3) is 0.278. The number of nitrogens with zero attached hydrogens (tertiary/aromatic N) is 1.